The summed E-state index contributed by atoms with van der Waals surface area (Å²) in [5, 5.41) is 8.58. The normalized spacial score (nSPS) is 13.3. The lowest BCUT2D eigenvalue weighted by molar-refractivity contribution is 0.103. The largest absolute Gasteiger partial charge is 0.486 e. The number of nitrogens with one attached hydrogen (secondary N) is 1. The average molecular weight is 364 g/mol. The zero-order chi connectivity index (χ0) is 16.8. The number of thiophene rings is 1. The van der Waals surface area contributed by atoms with Gasteiger partial charge in [0.2, 0.25) is 0 Å². The molecule has 0 fully saturated rings. The molecular formula is C16H14ClN3O3S. The fourth-order valence-corrected chi connectivity index (χ4v) is 3.88. The Hall–Kier alpha value is -2.25. The molecule has 3 heterocycles. The lowest BCUT2D eigenvalue weighted by atomic mass is 10.2. The van der Waals surface area contributed by atoms with Crippen molar-refractivity contribution in [2.75, 3.05) is 18.5 Å². The quantitative estimate of drug-likeness (QED) is 0.755. The van der Waals surface area contributed by atoms with Gasteiger partial charge in [0.1, 0.15) is 18.0 Å². The van der Waals surface area contributed by atoms with Crippen LogP contribution in [0.2, 0.25) is 5.02 Å². The van der Waals surface area contributed by atoms with Gasteiger partial charge in [0.15, 0.2) is 11.5 Å². The molecule has 1 aliphatic heterocycles. The monoisotopic (exact) mass is 363 g/mol. The molecule has 0 atom stereocenters. The second kappa shape index (κ2) is 5.68. The second-order valence-electron chi connectivity index (χ2n) is 5.47. The fraction of sp³-hybridized carbons (Fsp3) is 0.250. The third-order valence-electron chi connectivity index (χ3n) is 3.80. The van der Waals surface area contributed by atoms with E-state index >= 15 is 0 Å². The Morgan fingerprint density at radius 3 is 2.71 bits per heavy atom. The van der Waals surface area contributed by atoms with Crippen molar-refractivity contribution in [1.82, 2.24) is 9.78 Å². The number of hydrogen-bond acceptors (Lipinski definition) is 5. The Kier molecular flexibility index (Phi) is 3.62. The highest BCUT2D eigenvalue weighted by Gasteiger charge is 2.19. The highest BCUT2D eigenvalue weighted by molar-refractivity contribution is 7.20. The van der Waals surface area contributed by atoms with Gasteiger partial charge < -0.3 is 14.8 Å². The highest BCUT2D eigenvalue weighted by Crippen LogP contribution is 2.38. The molecule has 4 rings (SSSR count). The van der Waals surface area contributed by atoms with E-state index in [4.69, 9.17) is 21.1 Å². The van der Waals surface area contributed by atoms with E-state index in [0.29, 0.717) is 40.3 Å². The summed E-state index contributed by atoms with van der Waals surface area (Å²) in [4.78, 5) is 14.1. The van der Waals surface area contributed by atoms with Crippen LogP contribution < -0.4 is 14.8 Å². The summed E-state index contributed by atoms with van der Waals surface area (Å²) in [6.45, 7) is 2.89. The Bertz CT molecular complexity index is 929. The first-order valence-electron chi connectivity index (χ1n) is 7.36. The summed E-state index contributed by atoms with van der Waals surface area (Å²) in [6, 6.07) is 5.20. The van der Waals surface area contributed by atoms with E-state index in [9.17, 15) is 4.79 Å². The lowest BCUT2D eigenvalue weighted by Crippen LogP contribution is -2.16. The minimum atomic E-state index is -0.214. The number of halogens is 1. The summed E-state index contributed by atoms with van der Waals surface area (Å²) in [5.74, 6) is 0.958. The van der Waals surface area contributed by atoms with E-state index in [2.05, 4.69) is 10.4 Å². The minimum Gasteiger partial charge on any atom is -0.486 e. The van der Waals surface area contributed by atoms with Crippen molar-refractivity contribution < 1.29 is 14.3 Å². The van der Waals surface area contributed by atoms with Crippen molar-refractivity contribution in [2.45, 2.75) is 6.92 Å². The number of aryl methyl sites for hydroxylation is 2. The predicted molar refractivity (Wildman–Crippen MR) is 93.7 cm³/mol. The molecular weight excluding hydrogens is 350 g/mol. The molecule has 1 N–H and O–H groups in total. The van der Waals surface area contributed by atoms with E-state index in [0.717, 1.165) is 15.9 Å². The van der Waals surface area contributed by atoms with Crippen molar-refractivity contribution in [3.63, 3.8) is 0 Å². The number of rotatable bonds is 2. The predicted octanol–water partition coefficient (Wildman–Crippen LogP) is 3.62. The molecule has 0 aliphatic carbocycles. The van der Waals surface area contributed by atoms with E-state index in [1.54, 1.807) is 16.8 Å². The standard InChI is InChI=1S/C16H14ClN3O3S/c1-8-9-5-14(24-16(9)20(2)19-8)15(21)18-11-7-13-12(6-10(11)17)22-3-4-23-13/h5-7H,3-4H2,1-2H3,(H,18,21). The maximum atomic E-state index is 12.6. The lowest BCUT2D eigenvalue weighted by Gasteiger charge is -2.19. The summed E-state index contributed by atoms with van der Waals surface area (Å²) in [6.07, 6.45) is 0. The van der Waals surface area contributed by atoms with Crippen LogP contribution in [-0.2, 0) is 7.05 Å². The van der Waals surface area contributed by atoms with Crippen LogP contribution >= 0.6 is 22.9 Å². The molecule has 3 aromatic rings. The zero-order valence-electron chi connectivity index (χ0n) is 13.1. The molecule has 1 amide bonds. The number of nitrogens with zero attached hydrogens (tertiary/aromatic N) is 2. The minimum absolute atomic E-state index is 0.214. The SMILES string of the molecule is Cc1nn(C)c2sc(C(=O)Nc3cc4c(cc3Cl)OCCO4)cc12. The van der Waals surface area contributed by atoms with Crippen molar-refractivity contribution in [3.05, 3.63) is 33.8 Å². The van der Waals surface area contributed by atoms with Crippen LogP contribution in [0.3, 0.4) is 0 Å². The summed E-state index contributed by atoms with van der Waals surface area (Å²) in [5.41, 5.74) is 1.40. The zero-order valence-corrected chi connectivity index (χ0v) is 14.6. The Morgan fingerprint density at radius 1 is 1.29 bits per heavy atom. The third-order valence-corrected chi connectivity index (χ3v) is 5.31. The van der Waals surface area contributed by atoms with Gasteiger partial charge in [0.25, 0.3) is 5.91 Å². The van der Waals surface area contributed by atoms with Crippen LogP contribution in [0.5, 0.6) is 11.5 Å². The number of amides is 1. The molecule has 0 spiro atoms. The Morgan fingerprint density at radius 2 is 2.00 bits per heavy atom. The molecule has 6 nitrogen and oxygen atoms in total. The van der Waals surface area contributed by atoms with Crippen LogP contribution in [0.4, 0.5) is 5.69 Å². The maximum absolute atomic E-state index is 12.6. The first kappa shape index (κ1) is 15.3. The van der Waals surface area contributed by atoms with Crippen molar-refractivity contribution >= 4 is 44.7 Å². The number of ether oxygens (including phenoxy) is 2. The van der Waals surface area contributed by atoms with Gasteiger partial charge in [-0.2, -0.15) is 5.10 Å². The number of carbonyl (C=O) groups excluding carboxylic acids is 1. The van der Waals surface area contributed by atoms with Crippen molar-refractivity contribution in [2.24, 2.45) is 7.05 Å². The van der Waals surface area contributed by atoms with Gasteiger partial charge in [-0.3, -0.25) is 9.48 Å². The molecule has 8 heteroatoms. The van der Waals surface area contributed by atoms with E-state index in [1.807, 2.05) is 20.0 Å². The van der Waals surface area contributed by atoms with Crippen LogP contribution in [0.25, 0.3) is 10.2 Å². The number of anilines is 1. The van der Waals surface area contributed by atoms with E-state index in [1.165, 1.54) is 11.3 Å². The van der Waals surface area contributed by atoms with Gasteiger partial charge >= 0.3 is 0 Å². The van der Waals surface area contributed by atoms with Gasteiger partial charge in [-0.25, -0.2) is 0 Å². The van der Waals surface area contributed by atoms with Crippen molar-refractivity contribution in [1.29, 1.82) is 0 Å². The summed E-state index contributed by atoms with van der Waals surface area (Å²) in [7, 11) is 1.87. The molecule has 24 heavy (non-hydrogen) atoms. The van der Waals surface area contributed by atoms with Gasteiger partial charge in [0.05, 0.1) is 21.3 Å². The number of aromatic nitrogens is 2. The molecule has 0 bridgehead atoms. The van der Waals surface area contributed by atoms with E-state index < -0.39 is 0 Å². The van der Waals surface area contributed by atoms with Crippen molar-refractivity contribution in [3.8, 4) is 11.5 Å². The van der Waals surface area contributed by atoms with Crippen LogP contribution in [0.15, 0.2) is 18.2 Å². The topological polar surface area (TPSA) is 65.4 Å². The molecule has 0 unspecified atom stereocenters. The molecule has 0 radical (unpaired) electrons. The molecule has 2 aromatic heterocycles. The number of benzene rings is 1. The fourth-order valence-electron chi connectivity index (χ4n) is 2.66. The molecule has 124 valence electrons. The summed E-state index contributed by atoms with van der Waals surface area (Å²) >= 11 is 7.64. The van der Waals surface area contributed by atoms with E-state index in [-0.39, 0.29) is 5.91 Å². The van der Waals surface area contributed by atoms with Gasteiger partial charge in [-0.15, -0.1) is 11.3 Å². The van der Waals surface area contributed by atoms with Gasteiger partial charge in [-0.1, -0.05) is 11.6 Å². The average Bonchev–Trinajstić information content (AvgIpc) is 3.10. The Balaban J connectivity index is 1.64. The Labute approximate surface area is 146 Å². The first-order valence-corrected chi connectivity index (χ1v) is 8.56. The molecule has 1 aliphatic rings. The smallest absolute Gasteiger partial charge is 0.265 e. The molecule has 0 saturated carbocycles. The number of carbonyl (C=O) groups is 1. The highest BCUT2D eigenvalue weighted by atomic mass is 35.5. The van der Waals surface area contributed by atoms with Gasteiger partial charge in [0, 0.05) is 24.6 Å². The molecule has 1 aromatic carbocycles. The maximum Gasteiger partial charge on any atom is 0.265 e. The van der Waals surface area contributed by atoms with Crippen LogP contribution in [-0.4, -0.2) is 28.9 Å². The number of fused-ring (bicyclic) bond motifs is 2. The summed E-state index contributed by atoms with van der Waals surface area (Å²) < 4.78 is 12.8. The number of hydrogen-bond donors (Lipinski definition) is 1. The van der Waals surface area contributed by atoms with Crippen LogP contribution in [0.1, 0.15) is 15.4 Å². The molecule has 0 saturated heterocycles. The van der Waals surface area contributed by atoms with Gasteiger partial charge in [-0.05, 0) is 13.0 Å². The van der Waals surface area contributed by atoms with Crippen LogP contribution in [0, 0.1) is 6.92 Å². The first-order chi connectivity index (χ1) is 11.5. The third kappa shape index (κ3) is 2.50. The second-order valence-corrected chi connectivity index (χ2v) is 6.91.